The molecule has 0 spiro atoms. The van der Waals surface area contributed by atoms with E-state index in [1.54, 1.807) is 0 Å². The third-order valence-electron chi connectivity index (χ3n) is 5.23. The van der Waals surface area contributed by atoms with Crippen molar-refractivity contribution in [1.82, 2.24) is 0 Å². The van der Waals surface area contributed by atoms with E-state index >= 15 is 0 Å². The average molecular weight is 385 g/mol. The molecule has 0 saturated heterocycles. The Bertz CT molecular complexity index is 1020. The molecule has 3 aromatic rings. The highest BCUT2D eigenvalue weighted by Gasteiger charge is 2.48. The minimum atomic E-state index is -0.921. The molecule has 3 aromatic carbocycles. The lowest BCUT2D eigenvalue weighted by atomic mass is 9.86. The SMILES string of the molecule is CC(C)COc1ccc2c(c1)C(=Nc1ccccc1)C(C)(c1ccccc1)N2[O]. The number of hydrogen-bond donors (Lipinski definition) is 0. The van der Waals surface area contributed by atoms with E-state index in [0.717, 1.165) is 33.3 Å². The highest BCUT2D eigenvalue weighted by Crippen LogP contribution is 2.46. The molecule has 0 bridgehead atoms. The summed E-state index contributed by atoms with van der Waals surface area (Å²) in [6.45, 7) is 6.79. The topological polar surface area (TPSA) is 44.7 Å². The molecule has 0 fully saturated rings. The summed E-state index contributed by atoms with van der Waals surface area (Å²) in [4.78, 5) is 4.94. The van der Waals surface area contributed by atoms with Crippen LogP contribution in [-0.4, -0.2) is 12.3 Å². The van der Waals surface area contributed by atoms with E-state index in [4.69, 9.17) is 9.73 Å². The minimum Gasteiger partial charge on any atom is -0.493 e. The molecular formula is C25H25N2O2. The molecule has 1 unspecified atom stereocenters. The fraction of sp³-hybridized carbons (Fsp3) is 0.240. The summed E-state index contributed by atoms with van der Waals surface area (Å²) >= 11 is 0. The second kappa shape index (κ2) is 7.72. The molecule has 4 rings (SSSR count). The summed E-state index contributed by atoms with van der Waals surface area (Å²) < 4.78 is 5.92. The van der Waals surface area contributed by atoms with E-state index in [9.17, 15) is 5.21 Å². The fourth-order valence-electron chi connectivity index (χ4n) is 3.65. The molecule has 0 N–H and O–H groups in total. The number of rotatable bonds is 5. The number of para-hydroxylation sites is 1. The van der Waals surface area contributed by atoms with Crippen LogP contribution >= 0.6 is 0 Å². The van der Waals surface area contributed by atoms with Crippen molar-refractivity contribution in [1.29, 1.82) is 0 Å². The van der Waals surface area contributed by atoms with E-state index in [1.165, 1.54) is 0 Å². The van der Waals surface area contributed by atoms with Gasteiger partial charge in [0.25, 0.3) is 0 Å². The van der Waals surface area contributed by atoms with Gasteiger partial charge in [-0.3, -0.25) is 0 Å². The Morgan fingerprint density at radius 2 is 1.62 bits per heavy atom. The van der Waals surface area contributed by atoms with Crippen LogP contribution in [0.2, 0.25) is 0 Å². The third kappa shape index (κ3) is 3.52. The van der Waals surface area contributed by atoms with Crippen LogP contribution in [0.1, 0.15) is 31.9 Å². The molecule has 4 heteroatoms. The van der Waals surface area contributed by atoms with E-state index in [2.05, 4.69) is 13.8 Å². The smallest absolute Gasteiger partial charge is 0.135 e. The highest BCUT2D eigenvalue weighted by molar-refractivity contribution is 6.17. The second-order valence-electron chi connectivity index (χ2n) is 7.91. The van der Waals surface area contributed by atoms with Crippen LogP contribution < -0.4 is 9.80 Å². The van der Waals surface area contributed by atoms with Crippen LogP contribution in [0, 0.1) is 5.92 Å². The maximum atomic E-state index is 13.5. The van der Waals surface area contributed by atoms with Crippen molar-refractivity contribution in [3.05, 3.63) is 90.0 Å². The molecule has 1 aliphatic rings. The Morgan fingerprint density at radius 1 is 0.966 bits per heavy atom. The van der Waals surface area contributed by atoms with Crippen molar-refractivity contribution in [2.24, 2.45) is 10.9 Å². The summed E-state index contributed by atoms with van der Waals surface area (Å²) in [6, 6.07) is 25.2. The predicted molar refractivity (Wildman–Crippen MR) is 116 cm³/mol. The Labute approximate surface area is 172 Å². The number of ether oxygens (including phenoxy) is 1. The predicted octanol–water partition coefficient (Wildman–Crippen LogP) is 5.92. The number of anilines is 1. The van der Waals surface area contributed by atoms with Crippen LogP contribution in [-0.2, 0) is 10.7 Å². The van der Waals surface area contributed by atoms with Gasteiger partial charge in [-0.1, -0.05) is 67.6 Å². The van der Waals surface area contributed by atoms with Gasteiger partial charge in [-0.25, -0.2) is 10.1 Å². The number of hydroxylamine groups is 1. The highest BCUT2D eigenvalue weighted by atomic mass is 16.5. The third-order valence-corrected chi connectivity index (χ3v) is 5.23. The zero-order chi connectivity index (χ0) is 20.4. The Morgan fingerprint density at radius 3 is 2.28 bits per heavy atom. The summed E-state index contributed by atoms with van der Waals surface area (Å²) in [5.74, 6) is 1.18. The number of benzene rings is 3. The summed E-state index contributed by atoms with van der Waals surface area (Å²) in [5, 5.41) is 14.6. The van der Waals surface area contributed by atoms with Gasteiger partial charge < -0.3 is 4.74 Å². The molecule has 0 aromatic heterocycles. The number of nitrogens with zero attached hydrogens (tertiary/aromatic N) is 2. The van der Waals surface area contributed by atoms with Crippen molar-refractivity contribution in [2.75, 3.05) is 11.7 Å². The largest absolute Gasteiger partial charge is 0.493 e. The first kappa shape index (κ1) is 19.2. The van der Waals surface area contributed by atoms with Gasteiger partial charge in [-0.15, -0.1) is 0 Å². The van der Waals surface area contributed by atoms with Crippen LogP contribution in [0.25, 0.3) is 0 Å². The van der Waals surface area contributed by atoms with Gasteiger partial charge in [0.05, 0.1) is 23.7 Å². The average Bonchev–Trinajstić information content (AvgIpc) is 2.96. The maximum absolute atomic E-state index is 13.5. The first-order valence-corrected chi connectivity index (χ1v) is 9.94. The molecule has 4 nitrogen and oxygen atoms in total. The molecule has 1 atom stereocenters. The minimum absolute atomic E-state index is 0.423. The van der Waals surface area contributed by atoms with Gasteiger partial charge in [-0.2, -0.15) is 0 Å². The number of aliphatic imine (C=N–C) groups is 1. The standard InChI is InChI=1S/C25H25N2O2/c1-18(2)17-29-21-14-15-23-22(16-21)24(26-20-12-8-5-9-13-20)25(3,27(23)28)19-10-6-4-7-11-19/h4-16,18H,17H2,1-3H3. The van der Waals surface area contributed by atoms with E-state index < -0.39 is 5.54 Å². The molecule has 0 saturated carbocycles. The molecule has 0 aliphatic carbocycles. The number of hydrogen-bond acceptors (Lipinski definition) is 3. The summed E-state index contributed by atoms with van der Waals surface area (Å²) in [7, 11) is 0. The molecule has 1 aliphatic heterocycles. The lowest BCUT2D eigenvalue weighted by molar-refractivity contribution is 0.118. The quantitative estimate of drug-likeness (QED) is 0.547. The Kier molecular flexibility index (Phi) is 5.12. The Balaban J connectivity index is 1.87. The molecule has 0 amide bonds. The zero-order valence-corrected chi connectivity index (χ0v) is 17.0. The molecular weight excluding hydrogens is 360 g/mol. The first-order valence-electron chi connectivity index (χ1n) is 9.94. The van der Waals surface area contributed by atoms with Crippen LogP contribution in [0.3, 0.4) is 0 Å². The van der Waals surface area contributed by atoms with Gasteiger partial charge >= 0.3 is 0 Å². The van der Waals surface area contributed by atoms with Gasteiger partial charge in [-0.05, 0) is 48.7 Å². The fourth-order valence-corrected chi connectivity index (χ4v) is 3.65. The summed E-state index contributed by atoms with van der Waals surface area (Å²) in [5.41, 5.74) is 2.97. The van der Waals surface area contributed by atoms with Gasteiger partial charge in [0, 0.05) is 5.56 Å². The second-order valence-corrected chi connectivity index (χ2v) is 7.91. The maximum Gasteiger partial charge on any atom is 0.135 e. The molecule has 147 valence electrons. The van der Waals surface area contributed by atoms with Crippen LogP contribution in [0.5, 0.6) is 5.75 Å². The van der Waals surface area contributed by atoms with Crippen molar-refractivity contribution in [2.45, 2.75) is 26.3 Å². The summed E-state index contributed by atoms with van der Waals surface area (Å²) in [6.07, 6.45) is 0. The first-order chi connectivity index (χ1) is 14.0. The van der Waals surface area contributed by atoms with Gasteiger partial charge in [0.15, 0.2) is 0 Å². The zero-order valence-electron chi connectivity index (χ0n) is 17.0. The number of fused-ring (bicyclic) bond motifs is 1. The monoisotopic (exact) mass is 385 g/mol. The van der Waals surface area contributed by atoms with Gasteiger partial charge in [0.2, 0.25) is 0 Å². The molecule has 1 radical (unpaired) electrons. The van der Waals surface area contributed by atoms with Crippen LogP contribution in [0.15, 0.2) is 83.9 Å². The van der Waals surface area contributed by atoms with E-state index in [0.29, 0.717) is 18.2 Å². The van der Waals surface area contributed by atoms with Crippen LogP contribution in [0.4, 0.5) is 11.4 Å². The normalized spacial score (nSPS) is 19.6. The van der Waals surface area contributed by atoms with Crippen molar-refractivity contribution < 1.29 is 9.94 Å². The molecule has 1 heterocycles. The van der Waals surface area contributed by atoms with Crippen molar-refractivity contribution in [3.63, 3.8) is 0 Å². The molecule has 29 heavy (non-hydrogen) atoms. The lowest BCUT2D eigenvalue weighted by Crippen LogP contribution is -2.42. The van der Waals surface area contributed by atoms with Crippen molar-refractivity contribution in [3.8, 4) is 5.75 Å². The van der Waals surface area contributed by atoms with E-state index in [1.807, 2.05) is 85.8 Å². The lowest BCUT2D eigenvalue weighted by Gasteiger charge is -2.31. The Hall–Kier alpha value is -3.11. The van der Waals surface area contributed by atoms with Crippen molar-refractivity contribution >= 4 is 17.1 Å². The van der Waals surface area contributed by atoms with Gasteiger partial charge in [0.1, 0.15) is 11.3 Å². The van der Waals surface area contributed by atoms with E-state index in [-0.39, 0.29) is 0 Å².